The second-order valence-electron chi connectivity index (χ2n) is 3.06. The minimum atomic E-state index is 0.279. The van der Waals surface area contributed by atoms with Gasteiger partial charge in [0.1, 0.15) is 11.2 Å². The summed E-state index contributed by atoms with van der Waals surface area (Å²) in [4.78, 5) is 1.08. The molecule has 0 aliphatic carbocycles. The molecule has 1 unspecified atom stereocenters. The zero-order valence-corrected chi connectivity index (χ0v) is 8.09. The van der Waals surface area contributed by atoms with Gasteiger partial charge in [0.25, 0.3) is 0 Å². The van der Waals surface area contributed by atoms with Gasteiger partial charge in [-0.05, 0) is 31.0 Å². The smallest absolute Gasteiger partial charge is 0.116 e. The molecule has 1 aliphatic rings. The second-order valence-corrected chi connectivity index (χ2v) is 4.29. The van der Waals surface area contributed by atoms with Crippen LogP contribution in [0.25, 0.3) is 0 Å². The molecule has 1 fully saturated rings. The van der Waals surface area contributed by atoms with Gasteiger partial charge in [0.05, 0.1) is 0 Å². The normalized spacial score (nSPS) is 22.0. The third-order valence-electron chi connectivity index (χ3n) is 1.97. The first kappa shape index (κ1) is 8.91. The van der Waals surface area contributed by atoms with E-state index in [9.17, 15) is 5.11 Å². The van der Waals surface area contributed by atoms with Crippen molar-refractivity contribution >= 4 is 11.8 Å². The number of ether oxygens (including phenoxy) is 1. The van der Waals surface area contributed by atoms with Crippen LogP contribution in [0.1, 0.15) is 12.8 Å². The fraction of sp³-hybridized carbons (Fsp3) is 0.400. The number of thioether (sulfide) groups is 1. The molecule has 1 aromatic carbocycles. The lowest BCUT2D eigenvalue weighted by molar-refractivity contribution is 0.173. The Kier molecular flexibility index (Phi) is 2.76. The van der Waals surface area contributed by atoms with Crippen LogP contribution in [0.15, 0.2) is 29.2 Å². The van der Waals surface area contributed by atoms with Crippen LogP contribution in [0.5, 0.6) is 5.75 Å². The molecule has 1 aromatic rings. The zero-order chi connectivity index (χ0) is 9.10. The van der Waals surface area contributed by atoms with Crippen molar-refractivity contribution in [3.05, 3.63) is 24.3 Å². The summed E-state index contributed by atoms with van der Waals surface area (Å²) in [6, 6.07) is 7.30. The fourth-order valence-electron chi connectivity index (χ4n) is 1.35. The maximum absolute atomic E-state index is 9.23. The van der Waals surface area contributed by atoms with E-state index in [2.05, 4.69) is 0 Å². The van der Waals surface area contributed by atoms with Crippen LogP contribution in [-0.2, 0) is 4.74 Å². The summed E-state index contributed by atoms with van der Waals surface area (Å²) in [6.45, 7) is 0.872. The van der Waals surface area contributed by atoms with E-state index < -0.39 is 0 Å². The Balaban J connectivity index is 2.00. The molecule has 3 heteroatoms. The zero-order valence-electron chi connectivity index (χ0n) is 7.27. The summed E-state index contributed by atoms with van der Waals surface area (Å²) in [5.41, 5.74) is 0.279. The average molecular weight is 196 g/mol. The second kappa shape index (κ2) is 4.03. The third-order valence-corrected chi connectivity index (χ3v) is 3.13. The van der Waals surface area contributed by atoms with Crippen LogP contribution in [0.3, 0.4) is 0 Å². The van der Waals surface area contributed by atoms with Crippen molar-refractivity contribution in [2.75, 3.05) is 6.61 Å². The number of hydrogen-bond acceptors (Lipinski definition) is 3. The first-order valence-corrected chi connectivity index (χ1v) is 5.30. The maximum Gasteiger partial charge on any atom is 0.116 e. The topological polar surface area (TPSA) is 29.5 Å². The van der Waals surface area contributed by atoms with E-state index in [1.54, 1.807) is 23.9 Å². The van der Waals surface area contributed by atoms with Gasteiger partial charge < -0.3 is 9.84 Å². The van der Waals surface area contributed by atoms with E-state index in [1.165, 1.54) is 0 Å². The minimum absolute atomic E-state index is 0.279. The highest BCUT2D eigenvalue weighted by atomic mass is 32.2. The molecule has 0 bridgehead atoms. The van der Waals surface area contributed by atoms with Gasteiger partial charge in [-0.15, -0.1) is 0 Å². The summed E-state index contributed by atoms with van der Waals surface area (Å²) < 4.78 is 5.48. The van der Waals surface area contributed by atoms with E-state index in [0.717, 1.165) is 24.3 Å². The molecule has 0 amide bonds. The Morgan fingerprint density at radius 3 is 3.08 bits per heavy atom. The molecule has 0 aromatic heterocycles. The molecule has 70 valence electrons. The Labute approximate surface area is 81.9 Å². The summed E-state index contributed by atoms with van der Waals surface area (Å²) in [6.07, 6.45) is 2.26. The lowest BCUT2D eigenvalue weighted by Crippen LogP contribution is -1.97. The van der Waals surface area contributed by atoms with Crippen LogP contribution < -0.4 is 0 Å². The van der Waals surface area contributed by atoms with Gasteiger partial charge in [0, 0.05) is 11.5 Å². The van der Waals surface area contributed by atoms with Crippen LogP contribution in [0.4, 0.5) is 0 Å². The van der Waals surface area contributed by atoms with Gasteiger partial charge in [-0.2, -0.15) is 0 Å². The summed E-state index contributed by atoms with van der Waals surface area (Å²) in [5.74, 6) is 0.322. The molecule has 1 heterocycles. The molecule has 1 N–H and O–H groups in total. The minimum Gasteiger partial charge on any atom is -0.508 e. The van der Waals surface area contributed by atoms with Crippen LogP contribution in [0.2, 0.25) is 0 Å². The number of rotatable bonds is 2. The largest absolute Gasteiger partial charge is 0.508 e. The fourth-order valence-corrected chi connectivity index (χ4v) is 2.45. The summed E-state index contributed by atoms with van der Waals surface area (Å²) >= 11 is 1.68. The van der Waals surface area contributed by atoms with Crippen molar-refractivity contribution in [1.82, 2.24) is 0 Å². The van der Waals surface area contributed by atoms with Crippen molar-refractivity contribution in [1.29, 1.82) is 0 Å². The molecule has 2 rings (SSSR count). The molecule has 13 heavy (non-hydrogen) atoms. The molecular weight excluding hydrogens is 184 g/mol. The number of phenols is 1. The average Bonchev–Trinajstić information content (AvgIpc) is 2.57. The Morgan fingerprint density at radius 1 is 1.46 bits per heavy atom. The highest BCUT2D eigenvalue weighted by molar-refractivity contribution is 7.99. The van der Waals surface area contributed by atoms with Crippen molar-refractivity contribution in [2.24, 2.45) is 0 Å². The van der Waals surface area contributed by atoms with Gasteiger partial charge >= 0.3 is 0 Å². The Morgan fingerprint density at radius 2 is 2.38 bits per heavy atom. The summed E-state index contributed by atoms with van der Waals surface area (Å²) in [7, 11) is 0. The first-order chi connectivity index (χ1) is 6.34. The molecular formula is C10H12O2S. The SMILES string of the molecule is Oc1cccc(SC2CCCO2)c1. The number of aromatic hydroxyl groups is 1. The first-order valence-electron chi connectivity index (χ1n) is 4.42. The third kappa shape index (κ3) is 2.39. The number of benzene rings is 1. The molecule has 0 radical (unpaired) electrons. The van der Waals surface area contributed by atoms with Crippen molar-refractivity contribution < 1.29 is 9.84 Å². The van der Waals surface area contributed by atoms with E-state index >= 15 is 0 Å². The Bertz CT molecular complexity index is 282. The molecule has 0 spiro atoms. The predicted octanol–water partition coefficient (Wildman–Crippen LogP) is 2.62. The number of phenolic OH excluding ortho intramolecular Hbond substituents is 1. The highest BCUT2D eigenvalue weighted by Crippen LogP contribution is 2.31. The van der Waals surface area contributed by atoms with Crippen molar-refractivity contribution in [2.45, 2.75) is 23.2 Å². The predicted molar refractivity (Wildman–Crippen MR) is 52.9 cm³/mol. The standard InChI is InChI=1S/C10H12O2S/c11-8-3-1-4-9(7-8)13-10-5-2-6-12-10/h1,3-4,7,10-11H,2,5-6H2. The molecule has 1 atom stereocenters. The molecule has 0 saturated carbocycles. The van der Waals surface area contributed by atoms with E-state index in [-0.39, 0.29) is 5.44 Å². The van der Waals surface area contributed by atoms with Gasteiger partial charge in [-0.25, -0.2) is 0 Å². The lowest BCUT2D eigenvalue weighted by Gasteiger charge is -2.08. The van der Waals surface area contributed by atoms with Gasteiger partial charge in [0.15, 0.2) is 0 Å². The molecule has 1 aliphatic heterocycles. The van der Waals surface area contributed by atoms with Crippen molar-refractivity contribution in [3.63, 3.8) is 0 Å². The molecule has 2 nitrogen and oxygen atoms in total. The lowest BCUT2D eigenvalue weighted by atomic mass is 10.3. The number of hydrogen-bond donors (Lipinski definition) is 1. The van der Waals surface area contributed by atoms with E-state index in [4.69, 9.17) is 4.74 Å². The molecule has 1 saturated heterocycles. The van der Waals surface area contributed by atoms with Crippen LogP contribution in [0, 0.1) is 0 Å². The maximum atomic E-state index is 9.23. The monoisotopic (exact) mass is 196 g/mol. The Hall–Kier alpha value is -0.670. The van der Waals surface area contributed by atoms with Crippen LogP contribution in [-0.4, -0.2) is 17.1 Å². The van der Waals surface area contributed by atoms with Crippen LogP contribution >= 0.6 is 11.8 Å². The van der Waals surface area contributed by atoms with E-state index in [0.29, 0.717) is 5.75 Å². The van der Waals surface area contributed by atoms with E-state index in [1.807, 2.05) is 12.1 Å². The summed E-state index contributed by atoms with van der Waals surface area (Å²) in [5, 5.41) is 9.23. The van der Waals surface area contributed by atoms with Gasteiger partial charge in [-0.1, -0.05) is 17.8 Å². The highest BCUT2D eigenvalue weighted by Gasteiger charge is 2.16. The van der Waals surface area contributed by atoms with Gasteiger partial charge in [-0.3, -0.25) is 0 Å². The van der Waals surface area contributed by atoms with Gasteiger partial charge in [0.2, 0.25) is 0 Å². The van der Waals surface area contributed by atoms with Crippen molar-refractivity contribution in [3.8, 4) is 5.75 Å². The quantitative estimate of drug-likeness (QED) is 0.788.